The molecule has 2 aromatic rings. The van der Waals surface area contributed by atoms with Gasteiger partial charge in [-0.15, -0.1) is 24.0 Å². The molecule has 2 heterocycles. The molecule has 1 aromatic heterocycles. The molecule has 0 aliphatic carbocycles. The minimum atomic E-state index is 0. The molecule has 1 saturated heterocycles. The van der Waals surface area contributed by atoms with Crippen LogP contribution < -0.4 is 15.5 Å². The van der Waals surface area contributed by atoms with E-state index in [0.29, 0.717) is 18.4 Å². The van der Waals surface area contributed by atoms with Crippen LogP contribution >= 0.6 is 24.0 Å². The van der Waals surface area contributed by atoms with E-state index in [4.69, 9.17) is 0 Å². The Morgan fingerprint density at radius 1 is 1.10 bits per heavy atom. The van der Waals surface area contributed by atoms with Crippen LogP contribution in [0.5, 0.6) is 0 Å². The quantitative estimate of drug-likeness (QED) is 0.324. The van der Waals surface area contributed by atoms with E-state index in [1.54, 1.807) is 19.0 Å². The van der Waals surface area contributed by atoms with Crippen molar-refractivity contribution in [2.45, 2.75) is 19.4 Å². The second-order valence-corrected chi connectivity index (χ2v) is 7.81. The number of nitrogens with one attached hydrogen (secondary N) is 2. The Bertz CT molecular complexity index is 807. The Labute approximate surface area is 202 Å². The maximum absolute atomic E-state index is 12.0. The molecular weight excluding hydrogens is 503 g/mol. The fourth-order valence-electron chi connectivity index (χ4n) is 3.44. The highest BCUT2D eigenvalue weighted by atomic mass is 127. The number of guanidine groups is 1. The van der Waals surface area contributed by atoms with Crippen LogP contribution in [0.2, 0.25) is 0 Å². The van der Waals surface area contributed by atoms with Gasteiger partial charge < -0.3 is 20.4 Å². The summed E-state index contributed by atoms with van der Waals surface area (Å²) >= 11 is 0. The van der Waals surface area contributed by atoms with Crippen molar-refractivity contribution in [3.05, 3.63) is 60.4 Å². The molecule has 3 rings (SSSR count). The molecule has 0 radical (unpaired) electrons. The first kappa shape index (κ1) is 24.9. The summed E-state index contributed by atoms with van der Waals surface area (Å²) in [6.07, 6.45) is 5.94. The van der Waals surface area contributed by atoms with Crippen LogP contribution in [-0.4, -0.2) is 62.0 Å². The van der Waals surface area contributed by atoms with E-state index in [9.17, 15) is 4.79 Å². The highest BCUT2D eigenvalue weighted by Crippen LogP contribution is 2.22. The van der Waals surface area contributed by atoms with Gasteiger partial charge in [0.15, 0.2) is 5.96 Å². The maximum Gasteiger partial charge on any atom is 0.241 e. The van der Waals surface area contributed by atoms with E-state index in [1.165, 1.54) is 5.69 Å². The van der Waals surface area contributed by atoms with Crippen molar-refractivity contribution in [3.63, 3.8) is 0 Å². The average Bonchev–Trinajstić information content (AvgIpc) is 2.80. The average molecular weight is 536 g/mol. The normalized spacial score (nSPS) is 14.5. The highest BCUT2D eigenvalue weighted by Gasteiger charge is 2.19. The lowest BCUT2D eigenvalue weighted by Gasteiger charge is -2.33. The van der Waals surface area contributed by atoms with Gasteiger partial charge in [0.1, 0.15) is 0 Å². The van der Waals surface area contributed by atoms with Crippen molar-refractivity contribution < 1.29 is 4.79 Å². The number of hydrogen-bond acceptors (Lipinski definition) is 4. The zero-order chi connectivity index (χ0) is 21.2. The number of carbonyl (C=O) groups excluding carboxylic acids is 1. The van der Waals surface area contributed by atoms with Crippen molar-refractivity contribution in [2.24, 2.45) is 10.9 Å². The fourth-order valence-corrected chi connectivity index (χ4v) is 3.44. The van der Waals surface area contributed by atoms with E-state index in [0.717, 1.165) is 38.0 Å². The molecule has 8 heteroatoms. The third-order valence-corrected chi connectivity index (χ3v) is 5.37. The molecule has 168 valence electrons. The monoisotopic (exact) mass is 536 g/mol. The van der Waals surface area contributed by atoms with Crippen molar-refractivity contribution in [1.82, 2.24) is 20.5 Å². The van der Waals surface area contributed by atoms with Crippen molar-refractivity contribution in [1.29, 1.82) is 0 Å². The number of amides is 1. The Morgan fingerprint density at radius 3 is 2.42 bits per heavy atom. The van der Waals surface area contributed by atoms with E-state index < -0.39 is 0 Å². The molecule has 0 unspecified atom stereocenters. The van der Waals surface area contributed by atoms with Crippen molar-refractivity contribution >= 4 is 41.5 Å². The Kier molecular flexibility index (Phi) is 10.6. The summed E-state index contributed by atoms with van der Waals surface area (Å²) in [5, 5.41) is 6.62. The summed E-state index contributed by atoms with van der Waals surface area (Å²) in [5.41, 5.74) is 2.38. The van der Waals surface area contributed by atoms with Gasteiger partial charge in [-0.1, -0.05) is 30.3 Å². The Morgan fingerprint density at radius 2 is 1.77 bits per heavy atom. The first-order valence-electron chi connectivity index (χ1n) is 10.5. The summed E-state index contributed by atoms with van der Waals surface area (Å²) in [7, 11) is 3.52. The Hall–Kier alpha value is -2.36. The molecule has 0 saturated carbocycles. The summed E-state index contributed by atoms with van der Waals surface area (Å²) in [4.78, 5) is 24.7. The third kappa shape index (κ3) is 8.35. The standard InChI is InChI=1S/C23H32N6O.HI/c1-28(2)22(30)18-27-23(25-16-19-6-4-3-5-7-19)26-17-20-10-14-29(15-11-20)21-8-12-24-13-9-21;/h3-9,12-13,20H,10-11,14-18H2,1-2H3,(H2,25,26,27);1H. The van der Waals surface area contributed by atoms with Crippen LogP contribution in [0, 0.1) is 5.92 Å². The molecule has 0 bridgehead atoms. The first-order valence-corrected chi connectivity index (χ1v) is 10.5. The van der Waals surface area contributed by atoms with Crippen LogP contribution in [0.25, 0.3) is 0 Å². The van der Waals surface area contributed by atoms with E-state index in [1.807, 2.05) is 30.6 Å². The van der Waals surface area contributed by atoms with Gasteiger partial charge in [0, 0.05) is 51.8 Å². The van der Waals surface area contributed by atoms with Gasteiger partial charge in [0.2, 0.25) is 5.91 Å². The summed E-state index contributed by atoms with van der Waals surface area (Å²) in [6.45, 7) is 3.74. The maximum atomic E-state index is 12.0. The van der Waals surface area contributed by atoms with Gasteiger partial charge in [-0.25, -0.2) is 4.99 Å². The second kappa shape index (κ2) is 13.1. The lowest BCUT2D eigenvalue weighted by atomic mass is 9.96. The van der Waals surface area contributed by atoms with Gasteiger partial charge >= 0.3 is 0 Å². The number of likely N-dealkylation sites (N-methyl/N-ethyl adjacent to an activating group) is 1. The van der Waals surface area contributed by atoms with Gasteiger partial charge in [-0.3, -0.25) is 9.78 Å². The van der Waals surface area contributed by atoms with Crippen molar-refractivity contribution in [2.75, 3.05) is 45.2 Å². The van der Waals surface area contributed by atoms with Gasteiger partial charge in [-0.05, 0) is 36.5 Å². The lowest BCUT2D eigenvalue weighted by Crippen LogP contribution is -2.45. The van der Waals surface area contributed by atoms with Crippen molar-refractivity contribution in [3.8, 4) is 0 Å². The Balaban J connectivity index is 0.00000341. The summed E-state index contributed by atoms with van der Waals surface area (Å²) in [5.74, 6) is 1.29. The molecule has 1 aliphatic rings. The van der Waals surface area contributed by atoms with Crippen LogP contribution in [-0.2, 0) is 11.3 Å². The molecule has 31 heavy (non-hydrogen) atoms. The number of aromatic nitrogens is 1. The molecule has 1 fully saturated rings. The number of carbonyl (C=O) groups is 1. The highest BCUT2D eigenvalue weighted by molar-refractivity contribution is 14.0. The van der Waals surface area contributed by atoms with E-state index >= 15 is 0 Å². The summed E-state index contributed by atoms with van der Waals surface area (Å²) < 4.78 is 0. The van der Waals surface area contributed by atoms with Crippen LogP contribution in [0.1, 0.15) is 18.4 Å². The number of rotatable bonds is 7. The lowest BCUT2D eigenvalue weighted by molar-refractivity contribution is -0.127. The molecule has 1 aliphatic heterocycles. The number of anilines is 1. The zero-order valence-electron chi connectivity index (χ0n) is 18.3. The van der Waals surface area contributed by atoms with Gasteiger partial charge in [0.05, 0.1) is 13.1 Å². The van der Waals surface area contributed by atoms with Crippen LogP contribution in [0.15, 0.2) is 59.9 Å². The summed E-state index contributed by atoms with van der Waals surface area (Å²) in [6, 6.07) is 14.3. The fraction of sp³-hybridized carbons (Fsp3) is 0.435. The number of halogens is 1. The molecule has 1 aromatic carbocycles. The predicted molar refractivity (Wildman–Crippen MR) is 137 cm³/mol. The molecule has 1 amide bonds. The number of pyridine rings is 1. The molecule has 7 nitrogen and oxygen atoms in total. The SMILES string of the molecule is CN(C)C(=O)CNC(=NCc1ccccc1)NCC1CCN(c2ccncc2)CC1.I. The van der Waals surface area contributed by atoms with Crippen LogP contribution in [0.4, 0.5) is 5.69 Å². The molecular formula is C23H33IN6O. The zero-order valence-corrected chi connectivity index (χ0v) is 20.7. The smallest absolute Gasteiger partial charge is 0.241 e. The first-order chi connectivity index (χ1) is 14.6. The number of piperidine rings is 1. The molecule has 0 atom stereocenters. The number of benzene rings is 1. The minimum absolute atomic E-state index is 0. The van der Waals surface area contributed by atoms with Gasteiger partial charge in [-0.2, -0.15) is 0 Å². The predicted octanol–water partition coefficient (Wildman–Crippen LogP) is 2.74. The topological polar surface area (TPSA) is 72.9 Å². The second-order valence-electron chi connectivity index (χ2n) is 7.81. The van der Waals surface area contributed by atoms with Crippen LogP contribution in [0.3, 0.4) is 0 Å². The van der Waals surface area contributed by atoms with E-state index in [-0.39, 0.29) is 36.4 Å². The minimum Gasteiger partial charge on any atom is -0.371 e. The third-order valence-electron chi connectivity index (χ3n) is 5.37. The number of nitrogens with zero attached hydrogens (tertiary/aromatic N) is 4. The molecule has 2 N–H and O–H groups in total. The van der Waals surface area contributed by atoms with Gasteiger partial charge in [0.25, 0.3) is 0 Å². The number of hydrogen-bond donors (Lipinski definition) is 2. The largest absolute Gasteiger partial charge is 0.371 e. The van der Waals surface area contributed by atoms with E-state index in [2.05, 4.69) is 49.8 Å². The number of aliphatic imine (C=N–C) groups is 1. The molecule has 0 spiro atoms.